The number of nitrogens with zero attached hydrogens (tertiary/aromatic N) is 2. The third-order valence-electron chi connectivity index (χ3n) is 2.86. The molecule has 2 N–H and O–H groups in total. The fourth-order valence-corrected chi connectivity index (χ4v) is 1.68. The lowest BCUT2D eigenvalue weighted by molar-refractivity contribution is 0.0314. The van der Waals surface area contributed by atoms with Crippen molar-refractivity contribution in [2.45, 2.75) is 32.3 Å². The Morgan fingerprint density at radius 1 is 1.39 bits per heavy atom. The first kappa shape index (κ1) is 15.1. The van der Waals surface area contributed by atoms with Gasteiger partial charge in [0.1, 0.15) is 0 Å². The number of carbonyl (C=O) groups is 1. The van der Waals surface area contributed by atoms with E-state index in [2.05, 4.69) is 15.5 Å². The fraction of sp³-hybridized carbons (Fsp3) is 0.545. The van der Waals surface area contributed by atoms with E-state index in [-0.39, 0.29) is 22.4 Å². The van der Waals surface area contributed by atoms with Gasteiger partial charge in [-0.1, -0.05) is 37.0 Å². The van der Waals surface area contributed by atoms with E-state index in [0.29, 0.717) is 12.8 Å². The Morgan fingerprint density at radius 3 is 2.56 bits per heavy atom. The van der Waals surface area contributed by atoms with Gasteiger partial charge in [0, 0.05) is 6.54 Å². The van der Waals surface area contributed by atoms with Crippen molar-refractivity contribution in [2.75, 3.05) is 6.54 Å². The van der Waals surface area contributed by atoms with Crippen LogP contribution in [0.2, 0.25) is 10.3 Å². The van der Waals surface area contributed by atoms with Gasteiger partial charge in [-0.05, 0) is 18.9 Å². The molecule has 0 aliphatic heterocycles. The van der Waals surface area contributed by atoms with E-state index < -0.39 is 11.5 Å². The quantitative estimate of drug-likeness (QED) is 0.871. The minimum Gasteiger partial charge on any atom is -0.388 e. The molecule has 1 aromatic rings. The fourth-order valence-electron chi connectivity index (χ4n) is 1.35. The molecule has 18 heavy (non-hydrogen) atoms. The van der Waals surface area contributed by atoms with Crippen LogP contribution in [-0.4, -0.2) is 33.4 Å². The maximum atomic E-state index is 11.9. The van der Waals surface area contributed by atoms with Crippen LogP contribution in [0.5, 0.6) is 0 Å². The number of aliphatic hydroxyl groups is 1. The van der Waals surface area contributed by atoms with Crippen LogP contribution in [0, 0.1) is 0 Å². The first-order valence-corrected chi connectivity index (χ1v) is 6.36. The summed E-state index contributed by atoms with van der Waals surface area (Å²) in [5.74, 6) is -0.433. The highest BCUT2D eigenvalue weighted by Crippen LogP contribution is 2.17. The van der Waals surface area contributed by atoms with Crippen molar-refractivity contribution in [1.82, 2.24) is 15.5 Å². The molecule has 0 atom stereocenters. The molecule has 100 valence electrons. The second-order valence-corrected chi connectivity index (χ2v) is 4.73. The molecule has 1 amide bonds. The van der Waals surface area contributed by atoms with Crippen LogP contribution >= 0.6 is 23.2 Å². The minimum absolute atomic E-state index is 0.0200. The monoisotopic (exact) mass is 291 g/mol. The average Bonchev–Trinajstić information content (AvgIpc) is 2.38. The number of nitrogens with one attached hydrogen (secondary N) is 1. The van der Waals surface area contributed by atoms with Crippen LogP contribution in [0.4, 0.5) is 0 Å². The second kappa shape index (κ2) is 6.31. The Kier molecular flexibility index (Phi) is 5.31. The van der Waals surface area contributed by atoms with E-state index in [9.17, 15) is 9.90 Å². The number of rotatable bonds is 5. The Labute approximate surface area is 116 Å². The molecule has 0 radical (unpaired) electrons. The van der Waals surface area contributed by atoms with Gasteiger partial charge < -0.3 is 10.4 Å². The van der Waals surface area contributed by atoms with Crippen LogP contribution in [0.15, 0.2) is 6.07 Å². The van der Waals surface area contributed by atoms with Crippen molar-refractivity contribution in [1.29, 1.82) is 0 Å². The SMILES string of the molecule is CCC(O)(CC)CNC(=O)c1cc(Cl)nnc1Cl. The second-order valence-electron chi connectivity index (χ2n) is 3.99. The van der Waals surface area contributed by atoms with E-state index in [1.165, 1.54) is 6.07 Å². The van der Waals surface area contributed by atoms with Gasteiger partial charge in [-0.25, -0.2) is 0 Å². The van der Waals surface area contributed by atoms with Crippen molar-refractivity contribution in [3.63, 3.8) is 0 Å². The van der Waals surface area contributed by atoms with Crippen molar-refractivity contribution >= 4 is 29.1 Å². The highest BCUT2D eigenvalue weighted by molar-refractivity contribution is 6.34. The molecular weight excluding hydrogens is 277 g/mol. The summed E-state index contributed by atoms with van der Waals surface area (Å²) in [6.07, 6.45) is 1.10. The van der Waals surface area contributed by atoms with Crippen LogP contribution in [0.25, 0.3) is 0 Å². The first-order chi connectivity index (χ1) is 8.41. The van der Waals surface area contributed by atoms with Crippen LogP contribution in [0.1, 0.15) is 37.0 Å². The third-order valence-corrected chi connectivity index (χ3v) is 3.32. The Hall–Kier alpha value is -0.910. The standard InChI is InChI=1S/C11H15Cl2N3O2/c1-3-11(18,4-2)6-14-10(17)7-5-8(12)15-16-9(7)13/h5,18H,3-4,6H2,1-2H3,(H,14,17). The van der Waals surface area contributed by atoms with Gasteiger partial charge in [-0.3, -0.25) is 4.79 Å². The maximum absolute atomic E-state index is 11.9. The van der Waals surface area contributed by atoms with Crippen LogP contribution in [0.3, 0.4) is 0 Å². The molecule has 1 heterocycles. The number of halogens is 2. The van der Waals surface area contributed by atoms with Gasteiger partial charge in [-0.2, -0.15) is 0 Å². The average molecular weight is 292 g/mol. The Morgan fingerprint density at radius 2 is 2.00 bits per heavy atom. The van der Waals surface area contributed by atoms with Gasteiger partial charge in [-0.15, -0.1) is 10.2 Å². The lowest BCUT2D eigenvalue weighted by Crippen LogP contribution is -2.42. The summed E-state index contributed by atoms with van der Waals surface area (Å²) in [5.41, 5.74) is -0.766. The van der Waals surface area contributed by atoms with E-state index in [0.717, 1.165) is 0 Å². The molecule has 0 aliphatic rings. The Bertz CT molecular complexity index is 436. The number of aromatic nitrogens is 2. The lowest BCUT2D eigenvalue weighted by atomic mass is 9.97. The molecule has 0 saturated heterocycles. The number of hydrogen-bond donors (Lipinski definition) is 2. The van der Waals surface area contributed by atoms with Gasteiger partial charge in [0.2, 0.25) is 0 Å². The molecule has 7 heteroatoms. The normalized spacial score (nSPS) is 11.4. The minimum atomic E-state index is -0.910. The molecule has 0 bridgehead atoms. The van der Waals surface area contributed by atoms with Crippen molar-refractivity contribution in [3.8, 4) is 0 Å². The summed E-state index contributed by atoms with van der Waals surface area (Å²) in [5, 5.41) is 19.8. The zero-order valence-corrected chi connectivity index (χ0v) is 11.7. The predicted octanol–water partition coefficient (Wildman–Crippen LogP) is 2.06. The summed E-state index contributed by atoms with van der Waals surface area (Å²) >= 11 is 11.4. The lowest BCUT2D eigenvalue weighted by Gasteiger charge is -2.25. The van der Waals surface area contributed by atoms with Crippen LogP contribution < -0.4 is 5.32 Å². The highest BCUT2D eigenvalue weighted by atomic mass is 35.5. The molecule has 5 nitrogen and oxygen atoms in total. The molecule has 1 aromatic heterocycles. The van der Waals surface area contributed by atoms with E-state index in [4.69, 9.17) is 23.2 Å². The van der Waals surface area contributed by atoms with Gasteiger partial charge in [0.25, 0.3) is 5.91 Å². The smallest absolute Gasteiger partial charge is 0.254 e. The summed E-state index contributed by atoms with van der Waals surface area (Å²) in [4.78, 5) is 11.9. The Balaban J connectivity index is 2.74. The molecule has 0 aromatic carbocycles. The van der Waals surface area contributed by atoms with E-state index in [1.807, 2.05) is 13.8 Å². The zero-order valence-electron chi connectivity index (χ0n) is 10.2. The number of hydrogen-bond acceptors (Lipinski definition) is 4. The molecule has 1 rings (SSSR count). The largest absolute Gasteiger partial charge is 0.388 e. The number of amides is 1. The maximum Gasteiger partial charge on any atom is 0.254 e. The summed E-state index contributed by atoms with van der Waals surface area (Å²) < 4.78 is 0. The zero-order chi connectivity index (χ0) is 13.8. The summed E-state index contributed by atoms with van der Waals surface area (Å²) in [7, 11) is 0. The molecule has 0 fully saturated rings. The number of carbonyl (C=O) groups excluding carboxylic acids is 1. The molecular formula is C11H15Cl2N3O2. The van der Waals surface area contributed by atoms with Gasteiger partial charge >= 0.3 is 0 Å². The molecule has 0 spiro atoms. The first-order valence-electron chi connectivity index (χ1n) is 5.61. The highest BCUT2D eigenvalue weighted by Gasteiger charge is 2.23. The van der Waals surface area contributed by atoms with Crippen LogP contribution in [-0.2, 0) is 0 Å². The molecule has 0 aliphatic carbocycles. The third kappa shape index (κ3) is 3.80. The van der Waals surface area contributed by atoms with E-state index >= 15 is 0 Å². The van der Waals surface area contributed by atoms with Gasteiger partial charge in [0.05, 0.1) is 11.2 Å². The van der Waals surface area contributed by atoms with Crippen molar-refractivity contribution in [2.24, 2.45) is 0 Å². The molecule has 0 saturated carbocycles. The predicted molar refractivity (Wildman–Crippen MR) is 69.9 cm³/mol. The van der Waals surface area contributed by atoms with E-state index in [1.54, 1.807) is 0 Å². The van der Waals surface area contributed by atoms with Crippen molar-refractivity contribution < 1.29 is 9.90 Å². The topological polar surface area (TPSA) is 75.1 Å². The summed E-state index contributed by atoms with van der Waals surface area (Å²) in [6.45, 7) is 3.86. The molecule has 0 unspecified atom stereocenters. The summed E-state index contributed by atoms with van der Waals surface area (Å²) in [6, 6.07) is 1.34. The van der Waals surface area contributed by atoms with Gasteiger partial charge in [0.15, 0.2) is 10.3 Å². The van der Waals surface area contributed by atoms with Crippen molar-refractivity contribution in [3.05, 3.63) is 21.9 Å².